The van der Waals surface area contributed by atoms with E-state index in [-0.39, 0.29) is 17.1 Å². The third kappa shape index (κ3) is 5.38. The smallest absolute Gasteiger partial charge is 0.259 e. The van der Waals surface area contributed by atoms with Gasteiger partial charge in [0.25, 0.3) is 5.91 Å². The summed E-state index contributed by atoms with van der Waals surface area (Å²) >= 11 is 0. The molecule has 0 saturated heterocycles. The van der Waals surface area contributed by atoms with E-state index >= 15 is 0 Å². The Morgan fingerprint density at radius 1 is 1.07 bits per heavy atom. The molecule has 0 fully saturated rings. The molecule has 0 atom stereocenters. The normalized spacial score (nSPS) is 11.2. The predicted octanol–water partition coefficient (Wildman–Crippen LogP) is 5.91. The molecule has 0 radical (unpaired) electrons. The molecule has 0 bridgehead atoms. The number of rotatable bonds is 5. The summed E-state index contributed by atoms with van der Waals surface area (Å²) in [5.74, 6) is 1.50. The van der Waals surface area contributed by atoms with Gasteiger partial charge in [-0.25, -0.2) is 4.98 Å². The van der Waals surface area contributed by atoms with Gasteiger partial charge in [0.05, 0.1) is 5.56 Å². The number of pyridine rings is 1. The molecule has 3 aromatic rings. The summed E-state index contributed by atoms with van der Waals surface area (Å²) in [4.78, 5) is 16.8. The molecule has 0 unspecified atom stereocenters. The number of benzene rings is 2. The Morgan fingerprint density at radius 3 is 2.40 bits per heavy atom. The Morgan fingerprint density at radius 2 is 1.73 bits per heavy atom. The molecule has 5 nitrogen and oxygen atoms in total. The molecule has 5 heteroatoms. The minimum atomic E-state index is -0.285. The lowest BCUT2D eigenvalue weighted by Gasteiger charge is -2.20. The number of anilines is 2. The third-order valence-electron chi connectivity index (χ3n) is 4.77. The SMILES string of the molecule is Cc1cc(C(=O)Nc2ccc(Oc3ccccc3CC(C)(C)C)cc2)c(N)nc1C. The van der Waals surface area contributed by atoms with Gasteiger partial charge in [-0.1, -0.05) is 39.0 Å². The number of nitrogen functional groups attached to an aromatic ring is 1. The number of carbonyl (C=O) groups is 1. The Balaban J connectivity index is 1.72. The van der Waals surface area contributed by atoms with Crippen molar-refractivity contribution >= 4 is 17.4 Å². The number of para-hydroxylation sites is 1. The van der Waals surface area contributed by atoms with E-state index in [0.717, 1.165) is 23.4 Å². The highest BCUT2D eigenvalue weighted by molar-refractivity contribution is 6.07. The number of ether oxygens (including phenoxy) is 1. The van der Waals surface area contributed by atoms with Crippen LogP contribution in [0.1, 0.15) is 48.0 Å². The Bertz CT molecular complexity index is 1050. The van der Waals surface area contributed by atoms with Crippen LogP contribution in [0.5, 0.6) is 11.5 Å². The van der Waals surface area contributed by atoms with E-state index < -0.39 is 0 Å². The highest BCUT2D eigenvalue weighted by Crippen LogP contribution is 2.31. The first-order valence-corrected chi connectivity index (χ1v) is 10.0. The quantitative estimate of drug-likeness (QED) is 0.555. The molecule has 3 rings (SSSR count). The second-order valence-electron chi connectivity index (χ2n) is 8.75. The number of aryl methyl sites for hydroxylation is 2. The fourth-order valence-corrected chi connectivity index (χ4v) is 3.16. The van der Waals surface area contributed by atoms with Crippen molar-refractivity contribution in [3.63, 3.8) is 0 Å². The monoisotopic (exact) mass is 403 g/mol. The molecule has 0 aliphatic carbocycles. The first kappa shape index (κ1) is 21.4. The molecule has 30 heavy (non-hydrogen) atoms. The molecule has 1 amide bonds. The molecular weight excluding hydrogens is 374 g/mol. The fourth-order valence-electron chi connectivity index (χ4n) is 3.16. The van der Waals surface area contributed by atoms with E-state index in [0.29, 0.717) is 17.0 Å². The van der Waals surface area contributed by atoms with E-state index in [1.807, 2.05) is 56.3 Å². The average molecular weight is 404 g/mol. The zero-order valence-corrected chi connectivity index (χ0v) is 18.2. The Hall–Kier alpha value is -3.34. The number of nitrogens with zero attached hydrogens (tertiary/aromatic N) is 1. The number of nitrogens with two attached hydrogens (primary N) is 1. The van der Waals surface area contributed by atoms with Crippen LogP contribution in [0.2, 0.25) is 0 Å². The van der Waals surface area contributed by atoms with Gasteiger partial charge >= 0.3 is 0 Å². The number of amides is 1. The number of nitrogens with one attached hydrogen (secondary N) is 1. The lowest BCUT2D eigenvalue weighted by atomic mass is 9.88. The van der Waals surface area contributed by atoms with Gasteiger partial charge in [0.15, 0.2) is 0 Å². The highest BCUT2D eigenvalue weighted by atomic mass is 16.5. The van der Waals surface area contributed by atoms with Gasteiger partial charge in [0, 0.05) is 11.4 Å². The van der Waals surface area contributed by atoms with E-state index in [9.17, 15) is 4.79 Å². The summed E-state index contributed by atoms with van der Waals surface area (Å²) in [5, 5.41) is 2.86. The fraction of sp³-hybridized carbons (Fsp3) is 0.280. The molecule has 1 aromatic heterocycles. The van der Waals surface area contributed by atoms with Gasteiger partial charge in [0.1, 0.15) is 17.3 Å². The van der Waals surface area contributed by atoms with Crippen molar-refractivity contribution in [1.82, 2.24) is 4.98 Å². The molecule has 156 valence electrons. The van der Waals surface area contributed by atoms with Crippen LogP contribution in [0.3, 0.4) is 0 Å². The van der Waals surface area contributed by atoms with Crippen LogP contribution >= 0.6 is 0 Å². The van der Waals surface area contributed by atoms with Gasteiger partial charge < -0.3 is 15.8 Å². The molecule has 0 saturated carbocycles. The lowest BCUT2D eigenvalue weighted by Crippen LogP contribution is -2.15. The maximum Gasteiger partial charge on any atom is 0.259 e. The summed E-state index contributed by atoms with van der Waals surface area (Å²) in [6.45, 7) is 10.4. The summed E-state index contributed by atoms with van der Waals surface area (Å²) in [7, 11) is 0. The molecular formula is C25H29N3O2. The van der Waals surface area contributed by atoms with Crippen LogP contribution in [-0.2, 0) is 6.42 Å². The number of hydrogen-bond donors (Lipinski definition) is 2. The van der Waals surface area contributed by atoms with Gasteiger partial charge in [-0.3, -0.25) is 4.79 Å². The number of hydrogen-bond acceptors (Lipinski definition) is 4. The van der Waals surface area contributed by atoms with Crippen molar-refractivity contribution in [2.45, 2.75) is 41.0 Å². The lowest BCUT2D eigenvalue weighted by molar-refractivity contribution is 0.102. The van der Waals surface area contributed by atoms with Crippen LogP contribution < -0.4 is 15.8 Å². The standard InChI is InChI=1S/C25H29N3O2/c1-16-14-21(23(26)27-17(16)2)24(29)28-19-10-12-20(13-11-19)30-22-9-7-6-8-18(22)15-25(3,4)5/h6-14H,15H2,1-5H3,(H2,26,27)(H,28,29). The highest BCUT2D eigenvalue weighted by Gasteiger charge is 2.15. The second-order valence-corrected chi connectivity index (χ2v) is 8.75. The summed E-state index contributed by atoms with van der Waals surface area (Å²) in [6, 6.07) is 17.1. The van der Waals surface area contributed by atoms with Crippen molar-refractivity contribution in [2.75, 3.05) is 11.1 Å². The van der Waals surface area contributed by atoms with Crippen LogP contribution in [0, 0.1) is 19.3 Å². The zero-order chi connectivity index (χ0) is 21.9. The van der Waals surface area contributed by atoms with Gasteiger partial charge in [-0.2, -0.15) is 0 Å². The van der Waals surface area contributed by atoms with Crippen molar-refractivity contribution in [3.05, 3.63) is 77.0 Å². The zero-order valence-electron chi connectivity index (χ0n) is 18.2. The van der Waals surface area contributed by atoms with Crippen molar-refractivity contribution in [2.24, 2.45) is 5.41 Å². The van der Waals surface area contributed by atoms with E-state index in [2.05, 4.69) is 37.1 Å². The largest absolute Gasteiger partial charge is 0.457 e. The van der Waals surface area contributed by atoms with E-state index in [1.165, 1.54) is 5.56 Å². The number of aromatic nitrogens is 1. The minimum absolute atomic E-state index is 0.165. The number of carbonyl (C=O) groups excluding carboxylic acids is 1. The molecule has 0 aliphatic heterocycles. The molecule has 1 heterocycles. The molecule has 3 N–H and O–H groups in total. The third-order valence-corrected chi connectivity index (χ3v) is 4.77. The first-order valence-electron chi connectivity index (χ1n) is 10.0. The second kappa shape index (κ2) is 8.57. The van der Waals surface area contributed by atoms with Crippen molar-refractivity contribution < 1.29 is 9.53 Å². The van der Waals surface area contributed by atoms with Gasteiger partial charge in [0.2, 0.25) is 0 Å². The van der Waals surface area contributed by atoms with Crippen LogP contribution in [-0.4, -0.2) is 10.9 Å². The van der Waals surface area contributed by atoms with Gasteiger partial charge in [-0.05, 0) is 73.2 Å². The maximum absolute atomic E-state index is 12.6. The molecule has 0 aliphatic rings. The van der Waals surface area contributed by atoms with Crippen molar-refractivity contribution in [3.8, 4) is 11.5 Å². The Labute approximate surface area is 178 Å². The van der Waals surface area contributed by atoms with Crippen LogP contribution in [0.15, 0.2) is 54.6 Å². The average Bonchev–Trinajstić information content (AvgIpc) is 2.66. The van der Waals surface area contributed by atoms with Crippen molar-refractivity contribution in [1.29, 1.82) is 0 Å². The first-order chi connectivity index (χ1) is 14.1. The predicted molar refractivity (Wildman–Crippen MR) is 122 cm³/mol. The van der Waals surface area contributed by atoms with Crippen LogP contribution in [0.25, 0.3) is 0 Å². The molecule has 0 spiro atoms. The topological polar surface area (TPSA) is 77.2 Å². The van der Waals surface area contributed by atoms with Gasteiger partial charge in [-0.15, -0.1) is 0 Å². The minimum Gasteiger partial charge on any atom is -0.457 e. The Kier molecular flexibility index (Phi) is 6.11. The van der Waals surface area contributed by atoms with E-state index in [1.54, 1.807) is 6.07 Å². The van der Waals surface area contributed by atoms with E-state index in [4.69, 9.17) is 10.5 Å². The summed E-state index contributed by atoms with van der Waals surface area (Å²) < 4.78 is 6.11. The summed E-state index contributed by atoms with van der Waals surface area (Å²) in [5.41, 5.74) is 10.0. The summed E-state index contributed by atoms with van der Waals surface area (Å²) in [6.07, 6.45) is 0.919. The maximum atomic E-state index is 12.6. The van der Waals surface area contributed by atoms with Crippen LogP contribution in [0.4, 0.5) is 11.5 Å². The molecule has 2 aromatic carbocycles.